The maximum absolute atomic E-state index is 11.6. The third-order valence-corrected chi connectivity index (χ3v) is 2.74. The third-order valence-electron chi connectivity index (χ3n) is 2.74. The maximum Gasteiger partial charge on any atom is 0.315 e. The zero-order valence-corrected chi connectivity index (χ0v) is 9.49. The molecule has 4 heteroatoms. The van der Waals surface area contributed by atoms with Crippen LogP contribution in [0.5, 0.6) is 0 Å². The van der Waals surface area contributed by atoms with Crippen LogP contribution >= 0.6 is 0 Å². The van der Waals surface area contributed by atoms with E-state index >= 15 is 0 Å². The molecule has 0 aromatic rings. The van der Waals surface area contributed by atoms with Crippen molar-refractivity contribution in [3.63, 3.8) is 0 Å². The SMILES string of the molecule is CCOC(=O)CC(=O)N1CCC(C)CC1. The smallest absolute Gasteiger partial charge is 0.315 e. The molecular formula is C11H19NO3. The van der Waals surface area contributed by atoms with Crippen LogP contribution in [0.25, 0.3) is 0 Å². The van der Waals surface area contributed by atoms with Gasteiger partial charge in [-0.25, -0.2) is 0 Å². The molecule has 1 heterocycles. The summed E-state index contributed by atoms with van der Waals surface area (Å²) in [6.07, 6.45) is 1.96. The van der Waals surface area contributed by atoms with Crippen LogP contribution in [0, 0.1) is 5.92 Å². The Bertz CT molecular complexity index is 232. The van der Waals surface area contributed by atoms with Crippen molar-refractivity contribution in [2.45, 2.75) is 33.1 Å². The Balaban J connectivity index is 2.31. The van der Waals surface area contributed by atoms with Gasteiger partial charge in [0.1, 0.15) is 6.42 Å². The molecule has 1 aliphatic rings. The van der Waals surface area contributed by atoms with E-state index in [-0.39, 0.29) is 12.3 Å². The number of likely N-dealkylation sites (tertiary alicyclic amines) is 1. The van der Waals surface area contributed by atoms with E-state index in [0.717, 1.165) is 25.9 Å². The van der Waals surface area contributed by atoms with E-state index in [0.29, 0.717) is 12.5 Å². The minimum absolute atomic E-state index is 0.0969. The first-order chi connectivity index (χ1) is 7.13. The average molecular weight is 213 g/mol. The lowest BCUT2D eigenvalue weighted by molar-refractivity contribution is -0.149. The van der Waals surface area contributed by atoms with Gasteiger partial charge in [-0.2, -0.15) is 0 Å². The molecule has 0 aromatic carbocycles. The van der Waals surface area contributed by atoms with Gasteiger partial charge in [-0.3, -0.25) is 9.59 Å². The summed E-state index contributed by atoms with van der Waals surface area (Å²) in [6, 6.07) is 0. The van der Waals surface area contributed by atoms with Gasteiger partial charge in [-0.1, -0.05) is 6.92 Å². The summed E-state index contributed by atoms with van der Waals surface area (Å²) in [7, 11) is 0. The van der Waals surface area contributed by atoms with Crippen LogP contribution in [-0.4, -0.2) is 36.5 Å². The quantitative estimate of drug-likeness (QED) is 0.522. The summed E-state index contributed by atoms with van der Waals surface area (Å²) >= 11 is 0. The fourth-order valence-electron chi connectivity index (χ4n) is 1.71. The fourth-order valence-corrected chi connectivity index (χ4v) is 1.71. The van der Waals surface area contributed by atoms with Gasteiger partial charge in [0.2, 0.25) is 5.91 Å². The number of rotatable bonds is 3. The van der Waals surface area contributed by atoms with Crippen LogP contribution in [-0.2, 0) is 14.3 Å². The molecule has 0 aliphatic carbocycles. The first-order valence-electron chi connectivity index (χ1n) is 5.57. The molecule has 1 aliphatic heterocycles. The van der Waals surface area contributed by atoms with Gasteiger partial charge < -0.3 is 9.64 Å². The number of carbonyl (C=O) groups excluding carboxylic acids is 2. The highest BCUT2D eigenvalue weighted by molar-refractivity contribution is 5.94. The molecule has 0 radical (unpaired) electrons. The Hall–Kier alpha value is -1.06. The fraction of sp³-hybridized carbons (Fsp3) is 0.818. The van der Waals surface area contributed by atoms with E-state index < -0.39 is 5.97 Å². The Morgan fingerprint density at radius 3 is 2.47 bits per heavy atom. The second kappa shape index (κ2) is 5.73. The van der Waals surface area contributed by atoms with E-state index in [4.69, 9.17) is 4.74 Å². The van der Waals surface area contributed by atoms with Crippen molar-refractivity contribution in [3.05, 3.63) is 0 Å². The standard InChI is InChI=1S/C11H19NO3/c1-3-15-11(14)8-10(13)12-6-4-9(2)5-7-12/h9H,3-8H2,1-2H3. The molecule has 1 rings (SSSR count). The van der Waals surface area contributed by atoms with Crippen LogP contribution in [0.15, 0.2) is 0 Å². The van der Waals surface area contributed by atoms with Crippen LogP contribution in [0.1, 0.15) is 33.1 Å². The van der Waals surface area contributed by atoms with Crippen molar-refractivity contribution in [1.29, 1.82) is 0 Å². The summed E-state index contributed by atoms with van der Waals surface area (Å²) in [5.41, 5.74) is 0. The minimum atomic E-state index is -0.416. The van der Waals surface area contributed by atoms with Gasteiger partial charge in [-0.05, 0) is 25.7 Å². The van der Waals surface area contributed by atoms with E-state index in [1.54, 1.807) is 11.8 Å². The summed E-state index contributed by atoms with van der Waals surface area (Å²) < 4.78 is 4.74. The Kier molecular flexibility index (Phi) is 4.59. The molecule has 1 amide bonds. The molecule has 4 nitrogen and oxygen atoms in total. The molecule has 86 valence electrons. The molecule has 15 heavy (non-hydrogen) atoms. The lowest BCUT2D eigenvalue weighted by Crippen LogP contribution is -2.38. The number of piperidine rings is 1. The average Bonchev–Trinajstić information content (AvgIpc) is 2.18. The van der Waals surface area contributed by atoms with Crippen LogP contribution < -0.4 is 0 Å². The van der Waals surface area contributed by atoms with Crippen LogP contribution in [0.3, 0.4) is 0 Å². The maximum atomic E-state index is 11.6. The second-order valence-corrected chi connectivity index (χ2v) is 4.05. The predicted molar refractivity (Wildman–Crippen MR) is 56.2 cm³/mol. The zero-order valence-electron chi connectivity index (χ0n) is 9.49. The summed E-state index contributed by atoms with van der Waals surface area (Å²) in [5.74, 6) is 0.179. The van der Waals surface area contributed by atoms with Crippen molar-refractivity contribution in [1.82, 2.24) is 4.90 Å². The molecule has 1 saturated heterocycles. The minimum Gasteiger partial charge on any atom is -0.466 e. The molecule has 0 aromatic heterocycles. The Morgan fingerprint density at radius 2 is 1.93 bits per heavy atom. The van der Waals surface area contributed by atoms with Gasteiger partial charge in [0, 0.05) is 13.1 Å². The van der Waals surface area contributed by atoms with Crippen LogP contribution in [0.2, 0.25) is 0 Å². The molecule has 0 unspecified atom stereocenters. The van der Waals surface area contributed by atoms with E-state index in [1.165, 1.54) is 0 Å². The highest BCUT2D eigenvalue weighted by atomic mass is 16.5. The van der Waals surface area contributed by atoms with Gasteiger partial charge in [-0.15, -0.1) is 0 Å². The largest absolute Gasteiger partial charge is 0.466 e. The number of ether oxygens (including phenoxy) is 1. The molecule has 0 spiro atoms. The van der Waals surface area contributed by atoms with Crippen molar-refractivity contribution in [2.75, 3.05) is 19.7 Å². The number of esters is 1. The van der Waals surface area contributed by atoms with E-state index in [1.807, 2.05) is 0 Å². The molecule has 0 saturated carbocycles. The van der Waals surface area contributed by atoms with Crippen molar-refractivity contribution < 1.29 is 14.3 Å². The number of nitrogens with zero attached hydrogens (tertiary/aromatic N) is 1. The molecular weight excluding hydrogens is 194 g/mol. The molecule has 0 N–H and O–H groups in total. The van der Waals surface area contributed by atoms with E-state index in [9.17, 15) is 9.59 Å². The van der Waals surface area contributed by atoms with Crippen molar-refractivity contribution in [2.24, 2.45) is 5.92 Å². The molecule has 1 fully saturated rings. The van der Waals surface area contributed by atoms with Gasteiger partial charge in [0.15, 0.2) is 0 Å². The van der Waals surface area contributed by atoms with Gasteiger partial charge in [0.05, 0.1) is 6.61 Å². The lowest BCUT2D eigenvalue weighted by Gasteiger charge is -2.30. The van der Waals surface area contributed by atoms with Crippen molar-refractivity contribution in [3.8, 4) is 0 Å². The summed E-state index contributed by atoms with van der Waals surface area (Å²) in [5, 5.41) is 0. The molecule has 0 bridgehead atoms. The van der Waals surface area contributed by atoms with Crippen LogP contribution in [0.4, 0.5) is 0 Å². The molecule has 0 atom stereocenters. The van der Waals surface area contributed by atoms with Crippen molar-refractivity contribution >= 4 is 11.9 Å². The normalized spacial score (nSPS) is 17.6. The topological polar surface area (TPSA) is 46.6 Å². The monoisotopic (exact) mass is 213 g/mol. The van der Waals surface area contributed by atoms with E-state index in [2.05, 4.69) is 6.92 Å². The highest BCUT2D eigenvalue weighted by Gasteiger charge is 2.22. The van der Waals surface area contributed by atoms with Gasteiger partial charge in [0.25, 0.3) is 0 Å². The number of hydrogen-bond acceptors (Lipinski definition) is 3. The highest BCUT2D eigenvalue weighted by Crippen LogP contribution is 2.16. The van der Waals surface area contributed by atoms with Gasteiger partial charge >= 0.3 is 5.97 Å². The Morgan fingerprint density at radius 1 is 1.33 bits per heavy atom. The summed E-state index contributed by atoms with van der Waals surface area (Å²) in [6.45, 7) is 5.82. The lowest BCUT2D eigenvalue weighted by atomic mass is 9.99. The third kappa shape index (κ3) is 3.90. The predicted octanol–water partition coefficient (Wildman–Crippen LogP) is 1.20. The number of carbonyl (C=O) groups is 2. The zero-order chi connectivity index (χ0) is 11.3. The first-order valence-corrected chi connectivity index (χ1v) is 5.57. The number of hydrogen-bond donors (Lipinski definition) is 0. The number of amides is 1. The summed E-state index contributed by atoms with van der Waals surface area (Å²) in [4.78, 5) is 24.5. The first kappa shape index (κ1) is 12.0. The second-order valence-electron chi connectivity index (χ2n) is 4.05. The Labute approximate surface area is 90.6 Å².